The van der Waals surface area contributed by atoms with Crippen LogP contribution in [0.5, 0.6) is 5.75 Å². The second-order valence-electron chi connectivity index (χ2n) is 4.88. The fourth-order valence-electron chi connectivity index (χ4n) is 2.41. The Bertz CT molecular complexity index is 547. The van der Waals surface area contributed by atoms with E-state index in [2.05, 4.69) is 15.5 Å². The number of benzene rings is 1. The van der Waals surface area contributed by atoms with E-state index in [1.54, 1.807) is 12.1 Å². The number of para-hydroxylation sites is 1. The minimum Gasteiger partial charge on any atom is -0.508 e. The van der Waals surface area contributed by atoms with Crippen molar-refractivity contribution in [3.63, 3.8) is 0 Å². The van der Waals surface area contributed by atoms with E-state index in [1.165, 1.54) is 0 Å². The van der Waals surface area contributed by atoms with Gasteiger partial charge in [0, 0.05) is 11.5 Å². The SMILES string of the molecule is Oc1ccccc1Cc1nc(C2CCNCC2)no1. The standard InChI is InChI=1S/C14H17N3O2/c18-12-4-2-1-3-11(12)9-13-16-14(17-19-13)10-5-7-15-8-6-10/h1-4,10,15,18H,5-9H2. The Balaban J connectivity index is 1.73. The van der Waals surface area contributed by atoms with Gasteiger partial charge in [-0.1, -0.05) is 23.4 Å². The van der Waals surface area contributed by atoms with Gasteiger partial charge < -0.3 is 14.9 Å². The van der Waals surface area contributed by atoms with E-state index >= 15 is 0 Å². The molecule has 1 saturated heterocycles. The maximum Gasteiger partial charge on any atom is 0.231 e. The smallest absolute Gasteiger partial charge is 0.231 e. The lowest BCUT2D eigenvalue weighted by atomic mass is 9.98. The zero-order chi connectivity index (χ0) is 13.1. The molecule has 1 aliphatic rings. The average molecular weight is 259 g/mol. The number of aromatic nitrogens is 2. The van der Waals surface area contributed by atoms with Crippen LogP contribution in [-0.2, 0) is 6.42 Å². The van der Waals surface area contributed by atoms with Crippen LogP contribution in [0.4, 0.5) is 0 Å². The van der Waals surface area contributed by atoms with Gasteiger partial charge >= 0.3 is 0 Å². The summed E-state index contributed by atoms with van der Waals surface area (Å²) in [6, 6.07) is 7.22. The molecule has 0 spiro atoms. The number of hydrogen-bond acceptors (Lipinski definition) is 5. The molecule has 1 aromatic heterocycles. The van der Waals surface area contributed by atoms with Gasteiger partial charge in [0.05, 0.1) is 6.42 Å². The topological polar surface area (TPSA) is 71.2 Å². The molecule has 5 heteroatoms. The third-order valence-electron chi connectivity index (χ3n) is 3.52. The minimum absolute atomic E-state index is 0.268. The number of piperidine rings is 1. The third-order valence-corrected chi connectivity index (χ3v) is 3.52. The van der Waals surface area contributed by atoms with Crippen molar-refractivity contribution in [2.45, 2.75) is 25.2 Å². The van der Waals surface area contributed by atoms with Crippen molar-refractivity contribution in [2.75, 3.05) is 13.1 Å². The molecule has 0 bridgehead atoms. The summed E-state index contributed by atoms with van der Waals surface area (Å²) in [6.45, 7) is 2.02. The van der Waals surface area contributed by atoms with Crippen molar-refractivity contribution in [1.82, 2.24) is 15.5 Å². The van der Waals surface area contributed by atoms with Gasteiger partial charge in [-0.2, -0.15) is 4.98 Å². The fraction of sp³-hybridized carbons (Fsp3) is 0.429. The normalized spacial score (nSPS) is 16.6. The van der Waals surface area contributed by atoms with Crippen molar-refractivity contribution >= 4 is 0 Å². The van der Waals surface area contributed by atoms with Gasteiger partial charge in [-0.05, 0) is 32.0 Å². The van der Waals surface area contributed by atoms with E-state index in [0.717, 1.165) is 37.3 Å². The van der Waals surface area contributed by atoms with Gasteiger partial charge in [0.2, 0.25) is 5.89 Å². The van der Waals surface area contributed by atoms with Crippen LogP contribution in [0.2, 0.25) is 0 Å². The maximum absolute atomic E-state index is 9.73. The monoisotopic (exact) mass is 259 g/mol. The Morgan fingerprint density at radius 1 is 1.26 bits per heavy atom. The van der Waals surface area contributed by atoms with E-state index in [1.807, 2.05) is 12.1 Å². The summed E-state index contributed by atoms with van der Waals surface area (Å²) >= 11 is 0. The summed E-state index contributed by atoms with van der Waals surface area (Å²) in [5.41, 5.74) is 0.808. The largest absolute Gasteiger partial charge is 0.508 e. The Morgan fingerprint density at radius 2 is 2.05 bits per heavy atom. The van der Waals surface area contributed by atoms with Gasteiger partial charge in [-0.25, -0.2) is 0 Å². The van der Waals surface area contributed by atoms with Crippen molar-refractivity contribution in [3.8, 4) is 5.75 Å². The molecule has 0 radical (unpaired) electrons. The summed E-state index contributed by atoms with van der Waals surface area (Å²) < 4.78 is 5.28. The Morgan fingerprint density at radius 3 is 2.84 bits per heavy atom. The molecule has 2 aromatic rings. The molecule has 1 fully saturated rings. The second kappa shape index (κ2) is 5.40. The minimum atomic E-state index is 0.268. The first-order valence-electron chi connectivity index (χ1n) is 6.63. The Labute approximate surface area is 111 Å². The van der Waals surface area contributed by atoms with Gasteiger partial charge in [0.1, 0.15) is 5.75 Å². The molecule has 3 rings (SSSR count). The van der Waals surface area contributed by atoms with E-state index in [-0.39, 0.29) is 5.75 Å². The second-order valence-corrected chi connectivity index (χ2v) is 4.88. The van der Waals surface area contributed by atoms with Crippen LogP contribution in [0.3, 0.4) is 0 Å². The zero-order valence-corrected chi connectivity index (χ0v) is 10.7. The quantitative estimate of drug-likeness (QED) is 0.880. The van der Waals surface area contributed by atoms with Gasteiger partial charge in [-0.15, -0.1) is 0 Å². The first kappa shape index (κ1) is 12.2. The van der Waals surface area contributed by atoms with Crippen molar-refractivity contribution in [2.24, 2.45) is 0 Å². The third kappa shape index (κ3) is 2.76. The predicted molar refractivity (Wildman–Crippen MR) is 70.1 cm³/mol. The van der Waals surface area contributed by atoms with Crippen LogP contribution in [0, 0.1) is 0 Å². The number of nitrogens with zero attached hydrogens (tertiary/aromatic N) is 2. The molecular weight excluding hydrogens is 242 g/mol. The molecule has 1 aromatic carbocycles. The lowest BCUT2D eigenvalue weighted by molar-refractivity contribution is 0.364. The molecule has 0 amide bonds. The summed E-state index contributed by atoms with van der Waals surface area (Å²) in [7, 11) is 0. The molecule has 100 valence electrons. The number of phenolic OH excluding ortho intramolecular Hbond substituents is 1. The van der Waals surface area contributed by atoms with E-state index in [4.69, 9.17) is 4.52 Å². The highest BCUT2D eigenvalue weighted by molar-refractivity contribution is 5.33. The first-order chi connectivity index (χ1) is 9.33. The van der Waals surface area contributed by atoms with Crippen LogP contribution < -0.4 is 5.32 Å². The molecule has 0 unspecified atom stereocenters. The van der Waals surface area contributed by atoms with Crippen LogP contribution in [0.1, 0.15) is 36.0 Å². The van der Waals surface area contributed by atoms with Crippen LogP contribution in [0.25, 0.3) is 0 Å². The summed E-state index contributed by atoms with van der Waals surface area (Å²) in [4.78, 5) is 4.45. The van der Waals surface area contributed by atoms with Gasteiger partial charge in [0.25, 0.3) is 0 Å². The summed E-state index contributed by atoms with van der Waals surface area (Å²) in [5.74, 6) is 2.02. The molecule has 2 N–H and O–H groups in total. The van der Waals surface area contributed by atoms with Crippen molar-refractivity contribution in [3.05, 3.63) is 41.5 Å². The summed E-state index contributed by atoms with van der Waals surface area (Å²) in [5, 5.41) is 17.1. The molecular formula is C14H17N3O2. The molecule has 1 aliphatic heterocycles. The number of aromatic hydroxyl groups is 1. The molecule has 0 aliphatic carbocycles. The van der Waals surface area contributed by atoms with E-state index in [9.17, 15) is 5.11 Å². The van der Waals surface area contributed by atoms with Crippen molar-refractivity contribution < 1.29 is 9.63 Å². The van der Waals surface area contributed by atoms with E-state index < -0.39 is 0 Å². The fourth-order valence-corrected chi connectivity index (χ4v) is 2.41. The molecule has 0 atom stereocenters. The molecule has 0 saturated carbocycles. The van der Waals surface area contributed by atoms with Crippen LogP contribution >= 0.6 is 0 Å². The molecule has 2 heterocycles. The van der Waals surface area contributed by atoms with Crippen LogP contribution in [-0.4, -0.2) is 28.3 Å². The highest BCUT2D eigenvalue weighted by Gasteiger charge is 2.20. The number of phenols is 1. The van der Waals surface area contributed by atoms with Crippen LogP contribution in [0.15, 0.2) is 28.8 Å². The Kier molecular flexibility index (Phi) is 3.46. The highest BCUT2D eigenvalue weighted by atomic mass is 16.5. The predicted octanol–water partition coefficient (Wildman–Crippen LogP) is 1.83. The van der Waals surface area contributed by atoms with Gasteiger partial charge in [0.15, 0.2) is 5.82 Å². The average Bonchev–Trinajstić information content (AvgIpc) is 2.91. The molecule has 5 nitrogen and oxygen atoms in total. The number of nitrogens with one attached hydrogen (secondary N) is 1. The zero-order valence-electron chi connectivity index (χ0n) is 10.7. The first-order valence-corrected chi connectivity index (χ1v) is 6.63. The van der Waals surface area contributed by atoms with E-state index in [0.29, 0.717) is 18.2 Å². The summed E-state index contributed by atoms with van der Waals surface area (Å²) in [6.07, 6.45) is 2.58. The number of hydrogen-bond donors (Lipinski definition) is 2. The highest BCUT2D eigenvalue weighted by Crippen LogP contribution is 2.24. The maximum atomic E-state index is 9.73. The molecule has 19 heavy (non-hydrogen) atoms. The Hall–Kier alpha value is -1.88. The number of rotatable bonds is 3. The lowest BCUT2D eigenvalue weighted by Crippen LogP contribution is -2.27. The lowest BCUT2D eigenvalue weighted by Gasteiger charge is -2.18. The van der Waals surface area contributed by atoms with Crippen molar-refractivity contribution in [1.29, 1.82) is 0 Å². The van der Waals surface area contributed by atoms with Gasteiger partial charge in [-0.3, -0.25) is 0 Å².